The van der Waals surface area contributed by atoms with E-state index in [0.29, 0.717) is 18.7 Å². The summed E-state index contributed by atoms with van der Waals surface area (Å²) in [7, 11) is 0. The predicted octanol–water partition coefficient (Wildman–Crippen LogP) is 2.94. The van der Waals surface area contributed by atoms with Gasteiger partial charge in [-0.3, -0.25) is 9.78 Å². The zero-order valence-corrected chi connectivity index (χ0v) is 13.6. The Bertz CT molecular complexity index is 656. The minimum atomic E-state index is -0.312. The van der Waals surface area contributed by atoms with Gasteiger partial charge in [0.25, 0.3) is 5.91 Å². The summed E-state index contributed by atoms with van der Waals surface area (Å²) in [4.78, 5) is 18.8. The van der Waals surface area contributed by atoms with Crippen LogP contribution in [0.4, 0.5) is 0 Å². The lowest BCUT2D eigenvalue weighted by Gasteiger charge is -2.45. The molecule has 0 aliphatic carbocycles. The van der Waals surface area contributed by atoms with Gasteiger partial charge in [-0.15, -0.1) is 0 Å². The molecule has 0 N–H and O–H groups in total. The van der Waals surface area contributed by atoms with Gasteiger partial charge in [-0.1, -0.05) is 30.3 Å². The fraction of sp³-hybridized carbons (Fsp3) is 0.368. The van der Waals surface area contributed by atoms with Gasteiger partial charge in [0.2, 0.25) is 0 Å². The number of carbonyl (C=O) groups excluding carboxylic acids is 1. The Balaban J connectivity index is 1.76. The molecule has 2 aromatic rings. The first-order valence-electron chi connectivity index (χ1n) is 7.94. The third-order valence-electron chi connectivity index (χ3n) is 4.27. The Morgan fingerprint density at radius 1 is 1.22 bits per heavy atom. The fourth-order valence-electron chi connectivity index (χ4n) is 2.91. The van der Waals surface area contributed by atoms with Crippen LogP contribution in [0, 0.1) is 0 Å². The number of nitrogens with zero attached hydrogens (tertiary/aromatic N) is 2. The van der Waals surface area contributed by atoms with Gasteiger partial charge in [-0.25, -0.2) is 0 Å². The summed E-state index contributed by atoms with van der Waals surface area (Å²) in [5, 5.41) is 0. The van der Waals surface area contributed by atoms with E-state index >= 15 is 0 Å². The molecule has 3 rings (SSSR count). The molecular weight excluding hydrogens is 288 g/mol. The van der Waals surface area contributed by atoms with Gasteiger partial charge in [0.15, 0.2) is 0 Å². The van der Waals surface area contributed by atoms with Gasteiger partial charge >= 0.3 is 0 Å². The smallest absolute Gasteiger partial charge is 0.254 e. The van der Waals surface area contributed by atoms with Gasteiger partial charge in [-0.05, 0) is 31.5 Å². The highest BCUT2D eigenvalue weighted by molar-refractivity contribution is 5.94. The summed E-state index contributed by atoms with van der Waals surface area (Å²) in [5.74, 6) is 0.0405. The molecule has 1 fully saturated rings. The molecule has 1 amide bonds. The summed E-state index contributed by atoms with van der Waals surface area (Å²) >= 11 is 0. The summed E-state index contributed by atoms with van der Waals surface area (Å²) in [6.07, 6.45) is 4.15. The van der Waals surface area contributed by atoms with Crippen LogP contribution in [0.3, 0.4) is 0 Å². The Hall–Kier alpha value is -2.20. The number of hydrogen-bond donors (Lipinski definition) is 0. The van der Waals surface area contributed by atoms with Crippen molar-refractivity contribution in [2.75, 3.05) is 13.2 Å². The highest BCUT2D eigenvalue weighted by Gasteiger charge is 2.38. The number of pyridine rings is 1. The van der Waals surface area contributed by atoms with E-state index < -0.39 is 0 Å². The molecule has 1 aliphatic rings. The Morgan fingerprint density at radius 2 is 1.91 bits per heavy atom. The van der Waals surface area contributed by atoms with Crippen LogP contribution >= 0.6 is 0 Å². The lowest BCUT2D eigenvalue weighted by molar-refractivity contribution is -0.0821. The van der Waals surface area contributed by atoms with E-state index in [2.05, 4.69) is 17.1 Å². The molecule has 0 saturated carbocycles. The second-order valence-corrected chi connectivity index (χ2v) is 6.59. The van der Waals surface area contributed by atoms with Gasteiger partial charge in [0, 0.05) is 30.9 Å². The van der Waals surface area contributed by atoms with Crippen LogP contribution in [0.2, 0.25) is 0 Å². The van der Waals surface area contributed by atoms with Gasteiger partial charge < -0.3 is 9.64 Å². The molecule has 1 saturated heterocycles. The molecule has 0 spiro atoms. The van der Waals surface area contributed by atoms with E-state index in [4.69, 9.17) is 4.74 Å². The number of carbonyl (C=O) groups is 1. The topological polar surface area (TPSA) is 42.4 Å². The van der Waals surface area contributed by atoms with Crippen LogP contribution in [0.5, 0.6) is 0 Å². The second kappa shape index (κ2) is 6.50. The Labute approximate surface area is 137 Å². The molecule has 1 aliphatic heterocycles. The minimum absolute atomic E-state index is 0.0243. The van der Waals surface area contributed by atoms with Crippen molar-refractivity contribution in [3.63, 3.8) is 0 Å². The molecule has 0 radical (unpaired) electrons. The van der Waals surface area contributed by atoms with Crippen molar-refractivity contribution in [3.8, 4) is 0 Å². The van der Waals surface area contributed by atoms with Crippen LogP contribution in [-0.4, -0.2) is 40.6 Å². The molecule has 4 nitrogen and oxygen atoms in total. The highest BCUT2D eigenvalue weighted by Crippen LogP contribution is 2.25. The molecule has 23 heavy (non-hydrogen) atoms. The van der Waals surface area contributed by atoms with Crippen molar-refractivity contribution >= 4 is 5.91 Å². The molecule has 1 unspecified atom stereocenters. The van der Waals surface area contributed by atoms with Crippen LogP contribution in [0.15, 0.2) is 54.9 Å². The molecule has 120 valence electrons. The van der Waals surface area contributed by atoms with Gasteiger partial charge in [0.1, 0.15) is 0 Å². The first kappa shape index (κ1) is 15.7. The average molecular weight is 310 g/mol. The van der Waals surface area contributed by atoms with Crippen LogP contribution in [0.1, 0.15) is 29.8 Å². The van der Waals surface area contributed by atoms with E-state index in [-0.39, 0.29) is 17.6 Å². The third kappa shape index (κ3) is 3.59. The first-order chi connectivity index (χ1) is 11.1. The Kier molecular flexibility index (Phi) is 4.44. The van der Waals surface area contributed by atoms with Crippen LogP contribution in [0.25, 0.3) is 0 Å². The van der Waals surface area contributed by atoms with Crippen molar-refractivity contribution in [2.45, 2.75) is 31.9 Å². The standard InChI is InChI=1S/C19H22N2O2/c1-19(2)14-23-17(12-15-6-4-3-5-7-15)13-21(19)18(22)16-8-10-20-11-9-16/h3-11,17H,12-14H2,1-2H3. The molecule has 1 aromatic heterocycles. The minimum Gasteiger partial charge on any atom is -0.374 e. The third-order valence-corrected chi connectivity index (χ3v) is 4.27. The average Bonchev–Trinajstić information content (AvgIpc) is 2.57. The van der Waals surface area contributed by atoms with Crippen molar-refractivity contribution in [3.05, 3.63) is 66.0 Å². The quantitative estimate of drug-likeness (QED) is 0.875. The summed E-state index contributed by atoms with van der Waals surface area (Å²) in [6.45, 7) is 5.24. The van der Waals surface area contributed by atoms with Crippen molar-refractivity contribution < 1.29 is 9.53 Å². The van der Waals surface area contributed by atoms with E-state index in [1.807, 2.05) is 36.9 Å². The maximum absolute atomic E-state index is 12.9. The maximum Gasteiger partial charge on any atom is 0.254 e. The van der Waals surface area contributed by atoms with Gasteiger partial charge in [-0.2, -0.15) is 0 Å². The van der Waals surface area contributed by atoms with E-state index in [0.717, 1.165) is 6.42 Å². The summed E-state index contributed by atoms with van der Waals surface area (Å²) < 4.78 is 6.01. The van der Waals surface area contributed by atoms with Crippen molar-refractivity contribution in [1.29, 1.82) is 0 Å². The monoisotopic (exact) mass is 310 g/mol. The van der Waals surface area contributed by atoms with Crippen LogP contribution < -0.4 is 0 Å². The fourth-order valence-corrected chi connectivity index (χ4v) is 2.91. The molecule has 0 bridgehead atoms. The van der Waals surface area contributed by atoms with Crippen molar-refractivity contribution in [1.82, 2.24) is 9.88 Å². The number of amides is 1. The second-order valence-electron chi connectivity index (χ2n) is 6.59. The number of aromatic nitrogens is 1. The molecule has 1 aromatic carbocycles. The highest BCUT2D eigenvalue weighted by atomic mass is 16.5. The zero-order valence-electron chi connectivity index (χ0n) is 13.6. The number of hydrogen-bond acceptors (Lipinski definition) is 3. The Morgan fingerprint density at radius 3 is 2.61 bits per heavy atom. The van der Waals surface area contributed by atoms with E-state index in [9.17, 15) is 4.79 Å². The number of ether oxygens (including phenoxy) is 1. The van der Waals surface area contributed by atoms with Crippen LogP contribution in [-0.2, 0) is 11.2 Å². The molecular formula is C19H22N2O2. The zero-order chi connectivity index (χ0) is 16.3. The molecule has 2 heterocycles. The molecule has 4 heteroatoms. The summed E-state index contributed by atoms with van der Waals surface area (Å²) in [6, 6.07) is 13.8. The lowest BCUT2D eigenvalue weighted by Crippen LogP contribution is -2.58. The largest absolute Gasteiger partial charge is 0.374 e. The van der Waals surface area contributed by atoms with Gasteiger partial charge in [0.05, 0.1) is 18.2 Å². The normalized spacial score (nSPS) is 20.3. The first-order valence-corrected chi connectivity index (χ1v) is 7.94. The predicted molar refractivity (Wildman–Crippen MR) is 89.2 cm³/mol. The lowest BCUT2D eigenvalue weighted by atomic mass is 9.97. The van der Waals surface area contributed by atoms with E-state index in [1.165, 1.54) is 5.56 Å². The van der Waals surface area contributed by atoms with E-state index in [1.54, 1.807) is 24.5 Å². The molecule has 1 atom stereocenters. The SMILES string of the molecule is CC1(C)COC(Cc2ccccc2)CN1C(=O)c1ccncc1. The number of morpholine rings is 1. The number of rotatable bonds is 3. The maximum atomic E-state index is 12.9. The number of benzene rings is 1. The van der Waals surface area contributed by atoms with Crippen molar-refractivity contribution in [2.24, 2.45) is 0 Å². The summed E-state index contributed by atoms with van der Waals surface area (Å²) in [5.41, 5.74) is 1.59.